The fourth-order valence-corrected chi connectivity index (χ4v) is 3.45. The predicted molar refractivity (Wildman–Crippen MR) is 102 cm³/mol. The van der Waals surface area contributed by atoms with E-state index in [1.54, 1.807) is 32.0 Å². The minimum atomic E-state index is -0.585. The van der Waals surface area contributed by atoms with Gasteiger partial charge in [-0.15, -0.1) is 0 Å². The number of esters is 1. The third-order valence-corrected chi connectivity index (χ3v) is 4.73. The summed E-state index contributed by atoms with van der Waals surface area (Å²) in [5.74, 6) is 0.719. The molecule has 1 atom stereocenters. The molecule has 2 aliphatic rings. The summed E-state index contributed by atoms with van der Waals surface area (Å²) in [5, 5.41) is 2.92. The first-order valence-corrected chi connectivity index (χ1v) is 9.03. The number of anilines is 1. The highest BCUT2D eigenvalue weighted by Crippen LogP contribution is 2.39. The van der Waals surface area contributed by atoms with Gasteiger partial charge in [-0.05, 0) is 31.5 Å². The quantitative estimate of drug-likeness (QED) is 0.821. The summed E-state index contributed by atoms with van der Waals surface area (Å²) in [6.07, 6.45) is 0. The summed E-state index contributed by atoms with van der Waals surface area (Å²) in [5.41, 5.74) is 2.29. The predicted octanol–water partition coefficient (Wildman–Crippen LogP) is 3.52. The lowest BCUT2D eigenvalue weighted by Crippen LogP contribution is -2.48. The van der Waals surface area contributed by atoms with E-state index in [-0.39, 0.29) is 19.4 Å². The van der Waals surface area contributed by atoms with Crippen LogP contribution in [0.25, 0.3) is 0 Å². The van der Waals surface area contributed by atoms with Crippen molar-refractivity contribution in [3.05, 3.63) is 65.4 Å². The van der Waals surface area contributed by atoms with Crippen molar-refractivity contribution in [3.8, 4) is 11.5 Å². The summed E-state index contributed by atoms with van der Waals surface area (Å²) in [7, 11) is 0. The van der Waals surface area contributed by atoms with E-state index in [0.29, 0.717) is 28.5 Å². The summed E-state index contributed by atoms with van der Waals surface area (Å²) < 4.78 is 16.0. The molecule has 1 unspecified atom stereocenters. The summed E-state index contributed by atoms with van der Waals surface area (Å²) in [4.78, 5) is 27.2. The summed E-state index contributed by atoms with van der Waals surface area (Å²) in [6, 6.07) is 13.6. The number of nitrogens with one attached hydrogen (secondary N) is 1. The second kappa shape index (κ2) is 7.26. The lowest BCUT2D eigenvalue weighted by molar-refractivity contribution is -0.139. The highest BCUT2D eigenvalue weighted by Gasteiger charge is 2.37. The molecule has 1 N–H and O–H groups in total. The molecule has 4 rings (SSSR count). The standard InChI is InChI=1S/C21H20N2O5/c1-3-26-20(24)18-13(2)23(15-9-10-16-17(11-15)28-12-27-16)21(25)22-19(18)14-7-5-4-6-8-14/h4-11,19H,3,12H2,1-2H3,(H,22,25). The molecule has 0 radical (unpaired) electrons. The first-order chi connectivity index (χ1) is 13.6. The summed E-state index contributed by atoms with van der Waals surface area (Å²) in [6.45, 7) is 3.88. The van der Waals surface area contributed by atoms with Crippen LogP contribution in [-0.4, -0.2) is 25.4 Å². The second-order valence-electron chi connectivity index (χ2n) is 6.39. The van der Waals surface area contributed by atoms with Crippen LogP contribution in [0, 0.1) is 0 Å². The Labute approximate surface area is 162 Å². The maximum Gasteiger partial charge on any atom is 0.338 e. The van der Waals surface area contributed by atoms with Gasteiger partial charge in [-0.1, -0.05) is 30.3 Å². The van der Waals surface area contributed by atoms with Gasteiger partial charge in [0.25, 0.3) is 0 Å². The molecule has 7 heteroatoms. The number of nitrogens with zero attached hydrogens (tertiary/aromatic N) is 1. The van der Waals surface area contributed by atoms with E-state index < -0.39 is 12.0 Å². The Morgan fingerprint density at radius 2 is 1.93 bits per heavy atom. The van der Waals surface area contributed by atoms with Crippen molar-refractivity contribution in [1.82, 2.24) is 5.32 Å². The molecular weight excluding hydrogens is 360 g/mol. The molecule has 0 fully saturated rings. The van der Waals surface area contributed by atoms with Gasteiger partial charge in [-0.3, -0.25) is 4.90 Å². The van der Waals surface area contributed by atoms with Crippen molar-refractivity contribution < 1.29 is 23.8 Å². The molecule has 0 bridgehead atoms. The minimum Gasteiger partial charge on any atom is -0.463 e. The molecular formula is C21H20N2O5. The number of urea groups is 1. The zero-order chi connectivity index (χ0) is 19.7. The molecule has 0 aliphatic carbocycles. The zero-order valence-corrected chi connectivity index (χ0v) is 15.6. The SMILES string of the molecule is CCOC(=O)C1=C(C)N(c2ccc3c(c2)OCO3)C(=O)NC1c1ccccc1. The average molecular weight is 380 g/mol. The van der Waals surface area contributed by atoms with Crippen molar-refractivity contribution in [1.29, 1.82) is 0 Å². The van der Waals surface area contributed by atoms with Crippen LogP contribution in [0.15, 0.2) is 59.8 Å². The highest BCUT2D eigenvalue weighted by molar-refractivity contribution is 6.03. The van der Waals surface area contributed by atoms with Gasteiger partial charge in [-0.25, -0.2) is 9.59 Å². The molecule has 7 nitrogen and oxygen atoms in total. The number of carbonyl (C=O) groups is 2. The van der Waals surface area contributed by atoms with E-state index in [4.69, 9.17) is 14.2 Å². The number of hydrogen-bond donors (Lipinski definition) is 1. The molecule has 144 valence electrons. The number of amides is 2. The van der Waals surface area contributed by atoms with Crippen LogP contribution < -0.4 is 19.7 Å². The molecule has 2 heterocycles. The van der Waals surface area contributed by atoms with E-state index in [1.807, 2.05) is 30.3 Å². The smallest absolute Gasteiger partial charge is 0.338 e. The van der Waals surface area contributed by atoms with Crippen LogP contribution in [0.2, 0.25) is 0 Å². The van der Waals surface area contributed by atoms with E-state index in [0.717, 1.165) is 5.56 Å². The number of carbonyl (C=O) groups excluding carboxylic acids is 2. The molecule has 0 saturated heterocycles. The van der Waals surface area contributed by atoms with Crippen LogP contribution in [0.3, 0.4) is 0 Å². The van der Waals surface area contributed by atoms with Crippen molar-refractivity contribution in [2.45, 2.75) is 19.9 Å². The lowest BCUT2D eigenvalue weighted by atomic mass is 9.94. The molecule has 2 aromatic carbocycles. The van der Waals surface area contributed by atoms with Crippen molar-refractivity contribution in [3.63, 3.8) is 0 Å². The normalized spacial score (nSPS) is 18.1. The summed E-state index contributed by atoms with van der Waals surface area (Å²) >= 11 is 0. The fraction of sp³-hybridized carbons (Fsp3) is 0.238. The molecule has 0 saturated carbocycles. The second-order valence-corrected chi connectivity index (χ2v) is 6.39. The molecule has 28 heavy (non-hydrogen) atoms. The number of hydrogen-bond acceptors (Lipinski definition) is 5. The minimum absolute atomic E-state index is 0.143. The molecule has 2 amide bonds. The Kier molecular flexibility index (Phi) is 4.65. The Morgan fingerprint density at radius 1 is 1.18 bits per heavy atom. The van der Waals surface area contributed by atoms with Gasteiger partial charge >= 0.3 is 12.0 Å². The van der Waals surface area contributed by atoms with Gasteiger partial charge in [0.05, 0.1) is 23.9 Å². The number of ether oxygens (including phenoxy) is 3. The van der Waals surface area contributed by atoms with E-state index >= 15 is 0 Å². The monoisotopic (exact) mass is 380 g/mol. The Hall–Kier alpha value is -3.48. The van der Waals surface area contributed by atoms with Gasteiger partial charge in [0.15, 0.2) is 11.5 Å². The number of allylic oxidation sites excluding steroid dienone is 1. The first kappa shape index (κ1) is 17.9. The third-order valence-electron chi connectivity index (χ3n) is 4.73. The number of rotatable bonds is 4. The van der Waals surface area contributed by atoms with Crippen LogP contribution in [-0.2, 0) is 9.53 Å². The van der Waals surface area contributed by atoms with Gasteiger partial charge in [-0.2, -0.15) is 0 Å². The number of fused-ring (bicyclic) bond motifs is 1. The van der Waals surface area contributed by atoms with E-state index in [2.05, 4.69) is 5.32 Å². The van der Waals surface area contributed by atoms with Crippen LogP contribution >= 0.6 is 0 Å². The van der Waals surface area contributed by atoms with Crippen molar-refractivity contribution >= 4 is 17.7 Å². The average Bonchev–Trinajstić information content (AvgIpc) is 3.16. The van der Waals surface area contributed by atoms with Crippen molar-refractivity contribution in [2.75, 3.05) is 18.3 Å². The zero-order valence-electron chi connectivity index (χ0n) is 15.6. The lowest BCUT2D eigenvalue weighted by Gasteiger charge is -2.35. The molecule has 2 aliphatic heterocycles. The van der Waals surface area contributed by atoms with Gasteiger partial charge < -0.3 is 19.5 Å². The van der Waals surface area contributed by atoms with Gasteiger partial charge in [0.2, 0.25) is 6.79 Å². The Balaban J connectivity index is 1.81. The van der Waals surface area contributed by atoms with E-state index in [1.165, 1.54) is 4.90 Å². The van der Waals surface area contributed by atoms with Gasteiger partial charge in [0.1, 0.15) is 0 Å². The van der Waals surface area contributed by atoms with E-state index in [9.17, 15) is 9.59 Å². The largest absolute Gasteiger partial charge is 0.463 e. The van der Waals surface area contributed by atoms with Crippen LogP contribution in [0.5, 0.6) is 11.5 Å². The maximum absolute atomic E-state index is 13.0. The first-order valence-electron chi connectivity index (χ1n) is 9.03. The topological polar surface area (TPSA) is 77.1 Å². The maximum atomic E-state index is 13.0. The molecule has 2 aromatic rings. The molecule has 0 spiro atoms. The van der Waals surface area contributed by atoms with Gasteiger partial charge in [0, 0.05) is 11.8 Å². The van der Waals surface area contributed by atoms with Crippen LogP contribution in [0.4, 0.5) is 10.5 Å². The molecule has 0 aromatic heterocycles. The Morgan fingerprint density at radius 3 is 2.68 bits per heavy atom. The highest BCUT2D eigenvalue weighted by atomic mass is 16.7. The van der Waals surface area contributed by atoms with Crippen molar-refractivity contribution in [2.24, 2.45) is 0 Å². The van der Waals surface area contributed by atoms with Crippen LogP contribution in [0.1, 0.15) is 25.5 Å². The fourth-order valence-electron chi connectivity index (χ4n) is 3.45. The number of benzene rings is 2. The Bertz CT molecular complexity index is 955. The third kappa shape index (κ3) is 3.05.